The van der Waals surface area contributed by atoms with Gasteiger partial charge < -0.3 is 5.32 Å². The Morgan fingerprint density at radius 2 is 1.77 bits per heavy atom. The van der Waals surface area contributed by atoms with Gasteiger partial charge in [-0.1, -0.05) is 44.2 Å². The summed E-state index contributed by atoms with van der Waals surface area (Å²) in [7, 11) is 0. The second-order valence-electron chi connectivity index (χ2n) is 6.84. The van der Waals surface area contributed by atoms with Gasteiger partial charge in [0.1, 0.15) is 5.82 Å². The number of thiazole rings is 1. The lowest BCUT2D eigenvalue weighted by Gasteiger charge is -2.18. The average molecular weight is 438 g/mol. The van der Waals surface area contributed by atoms with E-state index in [1.807, 2.05) is 32.0 Å². The summed E-state index contributed by atoms with van der Waals surface area (Å²) in [6.07, 6.45) is 4.63. The molecule has 3 rings (SSSR count). The molecule has 3 aromatic rings. The molecule has 0 saturated carbocycles. The molecule has 1 N–H and O–H groups in total. The van der Waals surface area contributed by atoms with Crippen LogP contribution in [0.5, 0.6) is 0 Å². The average Bonchev–Trinajstić information content (AvgIpc) is 3.22. The van der Waals surface area contributed by atoms with Gasteiger partial charge in [-0.2, -0.15) is 0 Å². The number of nitrogens with one attached hydrogen (secondary N) is 1. The fourth-order valence-electron chi connectivity index (χ4n) is 3.22. The highest BCUT2D eigenvalue weighted by Gasteiger charge is 2.20. The van der Waals surface area contributed by atoms with Gasteiger partial charge in [0.25, 0.3) is 0 Å². The van der Waals surface area contributed by atoms with Crippen molar-refractivity contribution in [2.24, 2.45) is 0 Å². The number of carbonyl (C=O) groups is 2. The number of benzene rings is 2. The van der Waals surface area contributed by atoms with Crippen molar-refractivity contribution in [3.8, 4) is 0 Å². The molecule has 0 bridgehead atoms. The minimum Gasteiger partial charge on any atom is -0.322 e. The fourth-order valence-corrected chi connectivity index (χ4v) is 4.07. The van der Waals surface area contributed by atoms with Crippen LogP contribution in [0, 0.1) is 5.82 Å². The molecule has 2 aromatic carbocycles. The lowest BCUT2D eigenvalue weighted by atomic mass is 10.0. The zero-order valence-corrected chi connectivity index (χ0v) is 18.5. The van der Waals surface area contributed by atoms with Gasteiger partial charge in [-0.15, -0.1) is 11.3 Å². The van der Waals surface area contributed by atoms with E-state index in [-0.39, 0.29) is 17.5 Å². The zero-order valence-electron chi connectivity index (χ0n) is 17.7. The Morgan fingerprint density at radius 1 is 1.10 bits per heavy atom. The van der Waals surface area contributed by atoms with E-state index in [1.165, 1.54) is 41.4 Å². The summed E-state index contributed by atoms with van der Waals surface area (Å²) in [5.74, 6) is -1.12. The summed E-state index contributed by atoms with van der Waals surface area (Å²) in [4.78, 5) is 30.3. The van der Waals surface area contributed by atoms with Gasteiger partial charge in [-0.25, -0.2) is 9.37 Å². The van der Waals surface area contributed by atoms with Crippen LogP contribution < -0.4 is 10.2 Å². The van der Waals surface area contributed by atoms with Gasteiger partial charge in [0, 0.05) is 24.1 Å². The minimum absolute atomic E-state index is 0.140. The first kappa shape index (κ1) is 22.4. The van der Waals surface area contributed by atoms with Gasteiger partial charge >= 0.3 is 0 Å². The molecule has 1 heterocycles. The second kappa shape index (κ2) is 10.1. The molecule has 160 valence electrons. The van der Waals surface area contributed by atoms with Crippen LogP contribution in [0.3, 0.4) is 0 Å². The smallest absolute Gasteiger partial charge is 0.248 e. The predicted molar refractivity (Wildman–Crippen MR) is 124 cm³/mol. The monoisotopic (exact) mass is 437 g/mol. The topological polar surface area (TPSA) is 62.3 Å². The van der Waals surface area contributed by atoms with Gasteiger partial charge in [-0.05, 0) is 42.2 Å². The lowest BCUT2D eigenvalue weighted by molar-refractivity contribution is -0.116. The maximum absolute atomic E-state index is 14.2. The third-order valence-electron chi connectivity index (χ3n) is 4.76. The molecule has 2 amide bonds. The Kier molecular flexibility index (Phi) is 7.31. The molecule has 0 aliphatic heterocycles. The van der Waals surface area contributed by atoms with Crippen LogP contribution in [0.2, 0.25) is 0 Å². The first-order valence-corrected chi connectivity index (χ1v) is 10.9. The van der Waals surface area contributed by atoms with Crippen molar-refractivity contribution in [2.75, 3.05) is 10.2 Å². The van der Waals surface area contributed by atoms with Crippen molar-refractivity contribution in [1.29, 1.82) is 0 Å². The molecule has 0 radical (unpaired) electrons. The molecule has 0 saturated heterocycles. The van der Waals surface area contributed by atoms with Crippen LogP contribution in [0.4, 0.5) is 20.9 Å². The van der Waals surface area contributed by atoms with Crippen molar-refractivity contribution in [3.05, 3.63) is 76.6 Å². The Morgan fingerprint density at radius 3 is 2.39 bits per heavy atom. The normalized spacial score (nSPS) is 11.0. The third kappa shape index (κ3) is 5.24. The van der Waals surface area contributed by atoms with Crippen LogP contribution in [0.1, 0.15) is 37.6 Å². The van der Waals surface area contributed by atoms with Crippen molar-refractivity contribution in [2.45, 2.75) is 33.6 Å². The Bertz CT molecular complexity index is 1100. The van der Waals surface area contributed by atoms with E-state index in [0.29, 0.717) is 10.8 Å². The van der Waals surface area contributed by atoms with E-state index < -0.39 is 5.82 Å². The van der Waals surface area contributed by atoms with E-state index in [9.17, 15) is 14.0 Å². The molecule has 1 aromatic heterocycles. The summed E-state index contributed by atoms with van der Waals surface area (Å²) in [5, 5.41) is 5.02. The van der Waals surface area contributed by atoms with Gasteiger partial charge in [0.15, 0.2) is 5.13 Å². The highest BCUT2D eigenvalue weighted by atomic mass is 32.1. The quantitative estimate of drug-likeness (QED) is 0.479. The molecule has 0 atom stereocenters. The maximum atomic E-state index is 14.2. The molecule has 5 nitrogen and oxygen atoms in total. The highest BCUT2D eigenvalue weighted by Crippen LogP contribution is 2.31. The number of hydrogen-bond donors (Lipinski definition) is 1. The fraction of sp³-hybridized carbons (Fsp3) is 0.208. The number of carbonyl (C=O) groups excluding carboxylic acids is 2. The van der Waals surface area contributed by atoms with Crippen molar-refractivity contribution in [3.63, 3.8) is 0 Å². The largest absolute Gasteiger partial charge is 0.322 e. The van der Waals surface area contributed by atoms with Gasteiger partial charge in [-0.3, -0.25) is 14.5 Å². The van der Waals surface area contributed by atoms with Crippen LogP contribution in [-0.4, -0.2) is 16.8 Å². The van der Waals surface area contributed by atoms with Crippen LogP contribution in [0.25, 0.3) is 6.08 Å². The predicted octanol–water partition coefficient (Wildman–Crippen LogP) is 5.74. The van der Waals surface area contributed by atoms with Crippen molar-refractivity contribution in [1.82, 2.24) is 4.98 Å². The molecule has 7 heteroatoms. The molecule has 0 unspecified atom stereocenters. The molecule has 0 aliphatic carbocycles. The van der Waals surface area contributed by atoms with E-state index in [1.54, 1.807) is 23.6 Å². The number of aryl methyl sites for hydroxylation is 2. The molecular weight excluding hydrogens is 413 g/mol. The van der Waals surface area contributed by atoms with Crippen molar-refractivity contribution >= 4 is 45.7 Å². The highest BCUT2D eigenvalue weighted by molar-refractivity contribution is 7.14. The van der Waals surface area contributed by atoms with E-state index in [4.69, 9.17) is 0 Å². The molecule has 0 spiro atoms. The Balaban J connectivity index is 1.79. The molecular formula is C24H24FN3O2S. The number of nitrogens with zero attached hydrogens (tertiary/aromatic N) is 2. The van der Waals surface area contributed by atoms with Crippen molar-refractivity contribution < 1.29 is 14.0 Å². The van der Waals surface area contributed by atoms with Gasteiger partial charge in [0.2, 0.25) is 11.8 Å². The summed E-state index contributed by atoms with van der Waals surface area (Å²) in [6.45, 7) is 5.45. The van der Waals surface area contributed by atoms with Crippen LogP contribution >= 0.6 is 11.3 Å². The summed E-state index contributed by atoms with van der Waals surface area (Å²) in [5.41, 5.74) is 3.67. The number of halogens is 1. The van der Waals surface area contributed by atoms with Gasteiger partial charge in [0.05, 0.1) is 11.4 Å². The summed E-state index contributed by atoms with van der Waals surface area (Å²) >= 11 is 1.20. The molecule has 31 heavy (non-hydrogen) atoms. The number of anilines is 3. The molecule has 0 fully saturated rings. The first-order chi connectivity index (χ1) is 14.9. The molecule has 0 aliphatic rings. The number of amides is 2. The lowest BCUT2D eigenvalue weighted by Crippen LogP contribution is -2.23. The van der Waals surface area contributed by atoms with Crippen LogP contribution in [-0.2, 0) is 22.4 Å². The summed E-state index contributed by atoms with van der Waals surface area (Å²) in [6, 6.07) is 12.0. The first-order valence-electron chi connectivity index (χ1n) is 10.0. The van der Waals surface area contributed by atoms with E-state index in [2.05, 4.69) is 10.3 Å². The standard InChI is InChI=1S/C24H24FN3O2S/c1-4-17-9-8-10-18(5-2)23(17)27-22(30)14-13-19-15-31-24(26-19)28(16(3)29)21-12-7-6-11-20(21)25/h6-15H,4-5H2,1-3H3,(H,27,30)/b14-13+. The number of para-hydroxylation sites is 2. The van der Waals surface area contributed by atoms with E-state index >= 15 is 0 Å². The SMILES string of the molecule is CCc1cccc(CC)c1NC(=O)/C=C/c1csc(N(C(C)=O)c2ccccc2F)n1. The number of hydrogen-bond acceptors (Lipinski definition) is 4. The Labute approximate surface area is 185 Å². The maximum Gasteiger partial charge on any atom is 0.248 e. The summed E-state index contributed by atoms with van der Waals surface area (Å²) < 4.78 is 14.2. The Hall–Kier alpha value is -3.32. The minimum atomic E-state index is -0.509. The zero-order chi connectivity index (χ0) is 22.4. The number of rotatable bonds is 7. The number of aromatic nitrogens is 1. The second-order valence-corrected chi connectivity index (χ2v) is 7.68. The third-order valence-corrected chi connectivity index (χ3v) is 5.61. The van der Waals surface area contributed by atoms with E-state index in [0.717, 1.165) is 29.7 Å². The van der Waals surface area contributed by atoms with Crippen LogP contribution in [0.15, 0.2) is 53.9 Å².